The van der Waals surface area contributed by atoms with E-state index in [2.05, 4.69) is 0 Å². The highest BCUT2D eigenvalue weighted by Crippen LogP contribution is 2.32. The number of carboxylic acids is 1. The monoisotopic (exact) mass is 297 g/mol. The zero-order valence-corrected chi connectivity index (χ0v) is 12.1. The molecule has 0 saturated carbocycles. The summed E-state index contributed by atoms with van der Waals surface area (Å²) in [5, 5.41) is 9.68. The first-order chi connectivity index (χ1) is 9.37. The van der Waals surface area contributed by atoms with E-state index in [-0.39, 0.29) is 12.5 Å². The second kappa shape index (κ2) is 5.32. The maximum absolute atomic E-state index is 12.5. The predicted octanol–water partition coefficient (Wildman–Crippen LogP) is 2.29. The number of carbonyl (C=O) groups excluding carboxylic acids is 1. The minimum absolute atomic E-state index is 0.201. The van der Waals surface area contributed by atoms with Gasteiger partial charge in [0.05, 0.1) is 18.1 Å². The van der Waals surface area contributed by atoms with Crippen LogP contribution in [0.3, 0.4) is 0 Å². The molecule has 1 amide bonds. The number of aliphatic carboxylic acids is 1. The van der Waals surface area contributed by atoms with Crippen molar-refractivity contribution in [3.63, 3.8) is 0 Å². The number of halogens is 1. The highest BCUT2D eigenvalue weighted by atomic mass is 35.5. The number of nitrogens with zero attached hydrogens (tertiary/aromatic N) is 1. The van der Waals surface area contributed by atoms with E-state index in [1.807, 2.05) is 0 Å². The molecule has 0 bridgehead atoms. The number of rotatable bonds is 3. The zero-order chi connectivity index (χ0) is 14.9. The third kappa shape index (κ3) is 2.58. The van der Waals surface area contributed by atoms with Gasteiger partial charge in [-0.2, -0.15) is 0 Å². The van der Waals surface area contributed by atoms with Gasteiger partial charge in [-0.1, -0.05) is 11.6 Å². The first-order valence-corrected chi connectivity index (χ1v) is 6.61. The summed E-state index contributed by atoms with van der Waals surface area (Å²) >= 11 is 5.86. The zero-order valence-electron chi connectivity index (χ0n) is 11.4. The first-order valence-electron chi connectivity index (χ1n) is 6.23. The molecule has 5 nitrogen and oxygen atoms in total. The molecule has 6 heteroatoms. The van der Waals surface area contributed by atoms with Gasteiger partial charge in [0, 0.05) is 18.1 Å². The molecule has 1 fully saturated rings. The van der Waals surface area contributed by atoms with Crippen molar-refractivity contribution in [2.75, 3.05) is 20.2 Å². The van der Waals surface area contributed by atoms with Crippen molar-refractivity contribution in [1.82, 2.24) is 4.90 Å². The van der Waals surface area contributed by atoms with Crippen LogP contribution in [0.15, 0.2) is 18.2 Å². The number of hydrogen-bond acceptors (Lipinski definition) is 3. The smallest absolute Gasteiger partial charge is 0.311 e. The molecule has 20 heavy (non-hydrogen) atoms. The van der Waals surface area contributed by atoms with E-state index in [1.165, 1.54) is 7.11 Å². The Hall–Kier alpha value is -1.75. The van der Waals surface area contributed by atoms with Gasteiger partial charge >= 0.3 is 5.97 Å². The van der Waals surface area contributed by atoms with Crippen molar-refractivity contribution >= 4 is 23.5 Å². The summed E-state index contributed by atoms with van der Waals surface area (Å²) in [5.74, 6) is -0.717. The Kier molecular flexibility index (Phi) is 3.90. The van der Waals surface area contributed by atoms with Gasteiger partial charge in [0.1, 0.15) is 5.75 Å². The van der Waals surface area contributed by atoms with E-state index in [4.69, 9.17) is 16.3 Å². The minimum Gasteiger partial charge on any atom is -0.496 e. The third-order valence-electron chi connectivity index (χ3n) is 3.67. The van der Waals surface area contributed by atoms with Crippen LogP contribution in [0.25, 0.3) is 0 Å². The van der Waals surface area contributed by atoms with Crippen LogP contribution < -0.4 is 4.74 Å². The van der Waals surface area contributed by atoms with Gasteiger partial charge in [-0.15, -0.1) is 0 Å². The highest BCUT2D eigenvalue weighted by molar-refractivity contribution is 6.30. The van der Waals surface area contributed by atoms with E-state index >= 15 is 0 Å². The van der Waals surface area contributed by atoms with Crippen molar-refractivity contribution in [3.8, 4) is 5.75 Å². The summed E-state index contributed by atoms with van der Waals surface area (Å²) in [7, 11) is 1.47. The molecule has 1 N–H and O–H groups in total. The third-order valence-corrected chi connectivity index (χ3v) is 3.91. The van der Waals surface area contributed by atoms with Crippen molar-refractivity contribution in [2.24, 2.45) is 5.41 Å². The normalized spacial score (nSPS) is 21.9. The SMILES string of the molecule is COc1cc(Cl)ccc1C(=O)N1CC[C@](C)(C(=O)O)C1. The summed E-state index contributed by atoms with van der Waals surface area (Å²) < 4.78 is 5.16. The van der Waals surface area contributed by atoms with Crippen LogP contribution in [-0.4, -0.2) is 42.1 Å². The molecule has 1 atom stereocenters. The summed E-state index contributed by atoms with van der Waals surface area (Å²) in [6.07, 6.45) is 0.448. The number of ether oxygens (including phenoxy) is 1. The molecular weight excluding hydrogens is 282 g/mol. The number of hydrogen-bond donors (Lipinski definition) is 1. The van der Waals surface area contributed by atoms with Gasteiger partial charge in [-0.3, -0.25) is 9.59 Å². The fourth-order valence-electron chi connectivity index (χ4n) is 2.32. The van der Waals surface area contributed by atoms with Crippen LogP contribution in [0.5, 0.6) is 5.75 Å². The van der Waals surface area contributed by atoms with Gasteiger partial charge in [-0.05, 0) is 31.5 Å². The average Bonchev–Trinajstić information content (AvgIpc) is 2.82. The average molecular weight is 298 g/mol. The lowest BCUT2D eigenvalue weighted by Crippen LogP contribution is -2.35. The molecule has 0 aliphatic carbocycles. The minimum atomic E-state index is -0.880. The Balaban J connectivity index is 2.23. The second-order valence-electron chi connectivity index (χ2n) is 5.19. The Morgan fingerprint density at radius 3 is 2.70 bits per heavy atom. The number of carboxylic acid groups (broad SMARTS) is 1. The van der Waals surface area contributed by atoms with Gasteiger partial charge in [0.25, 0.3) is 5.91 Å². The molecule has 1 saturated heterocycles. The molecule has 1 aromatic carbocycles. The van der Waals surface area contributed by atoms with E-state index in [0.29, 0.717) is 29.3 Å². The Morgan fingerprint density at radius 1 is 1.45 bits per heavy atom. The molecule has 0 unspecified atom stereocenters. The first kappa shape index (κ1) is 14.7. The lowest BCUT2D eigenvalue weighted by atomic mass is 9.90. The van der Waals surface area contributed by atoms with E-state index in [1.54, 1.807) is 30.0 Å². The van der Waals surface area contributed by atoms with Crippen molar-refractivity contribution in [2.45, 2.75) is 13.3 Å². The number of amides is 1. The van der Waals surface area contributed by atoms with E-state index in [0.717, 1.165) is 0 Å². The molecule has 2 rings (SSSR count). The quantitative estimate of drug-likeness (QED) is 0.929. The van der Waals surface area contributed by atoms with Crippen molar-refractivity contribution in [1.29, 1.82) is 0 Å². The molecule has 0 aromatic heterocycles. The van der Waals surface area contributed by atoms with Crippen LogP contribution in [0.2, 0.25) is 5.02 Å². The maximum atomic E-state index is 12.5. The van der Waals surface area contributed by atoms with Gasteiger partial charge in [0.2, 0.25) is 0 Å². The number of carbonyl (C=O) groups is 2. The van der Waals surface area contributed by atoms with Crippen molar-refractivity contribution < 1.29 is 19.4 Å². The number of benzene rings is 1. The van der Waals surface area contributed by atoms with E-state index in [9.17, 15) is 14.7 Å². The van der Waals surface area contributed by atoms with Gasteiger partial charge < -0.3 is 14.7 Å². The van der Waals surface area contributed by atoms with Crippen LogP contribution >= 0.6 is 11.6 Å². The molecule has 1 aliphatic heterocycles. The summed E-state index contributed by atoms with van der Waals surface area (Å²) in [5.41, 5.74) is -0.485. The van der Waals surface area contributed by atoms with Crippen molar-refractivity contribution in [3.05, 3.63) is 28.8 Å². The maximum Gasteiger partial charge on any atom is 0.311 e. The fraction of sp³-hybridized carbons (Fsp3) is 0.429. The molecule has 1 aromatic rings. The Bertz CT molecular complexity index is 560. The lowest BCUT2D eigenvalue weighted by molar-refractivity contribution is -0.147. The van der Waals surface area contributed by atoms with Crippen LogP contribution in [0.4, 0.5) is 0 Å². The lowest BCUT2D eigenvalue weighted by Gasteiger charge is -2.21. The van der Waals surface area contributed by atoms with Gasteiger partial charge in [-0.25, -0.2) is 0 Å². The summed E-state index contributed by atoms with van der Waals surface area (Å²) in [6.45, 7) is 2.28. The van der Waals surface area contributed by atoms with Crippen LogP contribution in [-0.2, 0) is 4.79 Å². The molecule has 1 aliphatic rings. The standard InChI is InChI=1S/C14H16ClNO4/c1-14(13(18)19)5-6-16(8-14)12(17)10-4-3-9(15)7-11(10)20-2/h3-4,7H,5-6,8H2,1-2H3,(H,18,19)/t14-/m0/s1. The largest absolute Gasteiger partial charge is 0.496 e. The summed E-state index contributed by atoms with van der Waals surface area (Å²) in [6, 6.07) is 4.78. The molecule has 0 radical (unpaired) electrons. The van der Waals surface area contributed by atoms with Crippen LogP contribution in [0.1, 0.15) is 23.7 Å². The Labute approximate surface area is 122 Å². The Morgan fingerprint density at radius 2 is 2.15 bits per heavy atom. The van der Waals surface area contributed by atoms with Gasteiger partial charge in [0.15, 0.2) is 0 Å². The summed E-state index contributed by atoms with van der Waals surface area (Å²) in [4.78, 5) is 25.2. The fourth-order valence-corrected chi connectivity index (χ4v) is 2.48. The molecular formula is C14H16ClNO4. The molecule has 1 heterocycles. The predicted molar refractivity (Wildman–Crippen MR) is 74.3 cm³/mol. The number of methoxy groups -OCH3 is 1. The highest BCUT2D eigenvalue weighted by Gasteiger charge is 2.42. The van der Waals surface area contributed by atoms with Crippen LogP contribution in [0, 0.1) is 5.41 Å². The topological polar surface area (TPSA) is 66.8 Å². The molecule has 108 valence electrons. The molecule has 0 spiro atoms. The number of likely N-dealkylation sites (tertiary alicyclic amines) is 1. The van der Waals surface area contributed by atoms with E-state index < -0.39 is 11.4 Å². The second-order valence-corrected chi connectivity index (χ2v) is 5.62.